The zero-order valence-corrected chi connectivity index (χ0v) is 16.1. The minimum atomic E-state index is -0.290. The largest absolute Gasteiger partial charge is 0.356 e. The highest BCUT2D eigenvalue weighted by atomic mass is 32.1. The Hall–Kier alpha value is -1.95. The van der Waals surface area contributed by atoms with Crippen molar-refractivity contribution in [3.8, 4) is 0 Å². The number of nitrogens with zero attached hydrogens (tertiary/aromatic N) is 1. The van der Waals surface area contributed by atoms with E-state index in [0.29, 0.717) is 35.5 Å². The number of aryl methyl sites for hydroxylation is 1. The molecule has 1 aliphatic heterocycles. The van der Waals surface area contributed by atoms with Gasteiger partial charge in [-0.05, 0) is 43.9 Å². The Morgan fingerprint density at radius 2 is 2.19 bits per heavy atom. The Balaban J connectivity index is 1.74. The van der Waals surface area contributed by atoms with Crippen LogP contribution in [0, 0.1) is 18.7 Å². The van der Waals surface area contributed by atoms with Crippen LogP contribution in [0.5, 0.6) is 0 Å². The SMILES string of the molecule is CCCCNC(=O)C1CCCN(C(=O)c2sc3cccc(F)c3c2C)C1. The number of nitrogens with one attached hydrogen (secondary N) is 1. The van der Waals surface area contributed by atoms with E-state index in [1.54, 1.807) is 17.9 Å². The van der Waals surface area contributed by atoms with Gasteiger partial charge in [0.2, 0.25) is 5.91 Å². The molecule has 0 aliphatic carbocycles. The first-order valence-corrected chi connectivity index (χ1v) is 10.1. The first-order chi connectivity index (χ1) is 12.5. The molecule has 1 fully saturated rings. The van der Waals surface area contributed by atoms with Gasteiger partial charge in [0, 0.05) is 29.7 Å². The van der Waals surface area contributed by atoms with E-state index in [2.05, 4.69) is 12.2 Å². The molecule has 6 heteroatoms. The lowest BCUT2D eigenvalue weighted by Gasteiger charge is -2.32. The van der Waals surface area contributed by atoms with Gasteiger partial charge in [0.05, 0.1) is 10.8 Å². The van der Waals surface area contributed by atoms with E-state index in [4.69, 9.17) is 0 Å². The molecule has 3 rings (SSSR count). The summed E-state index contributed by atoms with van der Waals surface area (Å²) in [6.07, 6.45) is 3.63. The van der Waals surface area contributed by atoms with Gasteiger partial charge in [-0.3, -0.25) is 9.59 Å². The van der Waals surface area contributed by atoms with Crippen LogP contribution in [0.3, 0.4) is 0 Å². The summed E-state index contributed by atoms with van der Waals surface area (Å²) in [5.41, 5.74) is 0.697. The Bertz CT molecular complexity index is 817. The predicted molar refractivity (Wildman–Crippen MR) is 103 cm³/mol. The normalized spacial score (nSPS) is 17.5. The average Bonchev–Trinajstić information content (AvgIpc) is 2.99. The molecule has 1 unspecified atom stereocenters. The number of hydrogen-bond donors (Lipinski definition) is 1. The van der Waals surface area contributed by atoms with Crippen molar-refractivity contribution >= 4 is 33.2 Å². The quantitative estimate of drug-likeness (QED) is 0.798. The maximum absolute atomic E-state index is 14.1. The number of rotatable bonds is 5. The summed E-state index contributed by atoms with van der Waals surface area (Å²) in [7, 11) is 0. The van der Waals surface area contributed by atoms with Gasteiger partial charge in [0.1, 0.15) is 5.82 Å². The molecule has 1 aromatic heterocycles. The van der Waals surface area contributed by atoms with Crippen molar-refractivity contribution in [2.75, 3.05) is 19.6 Å². The van der Waals surface area contributed by atoms with E-state index in [9.17, 15) is 14.0 Å². The third-order valence-electron chi connectivity index (χ3n) is 5.01. The number of thiophene rings is 1. The lowest BCUT2D eigenvalue weighted by atomic mass is 9.96. The molecule has 1 atom stereocenters. The standard InChI is InChI=1S/C20H25FN2O2S/c1-3-4-10-22-19(24)14-7-6-11-23(12-14)20(25)18-13(2)17-15(21)8-5-9-16(17)26-18/h5,8-9,14H,3-4,6-7,10-12H2,1-2H3,(H,22,24). The molecule has 4 nitrogen and oxygen atoms in total. The number of carbonyl (C=O) groups is 2. The van der Waals surface area contributed by atoms with E-state index in [0.717, 1.165) is 30.4 Å². The Morgan fingerprint density at radius 1 is 1.38 bits per heavy atom. The summed E-state index contributed by atoms with van der Waals surface area (Å²) in [6, 6.07) is 4.93. The lowest BCUT2D eigenvalue weighted by molar-refractivity contribution is -0.126. The topological polar surface area (TPSA) is 49.4 Å². The fraction of sp³-hybridized carbons (Fsp3) is 0.500. The second-order valence-electron chi connectivity index (χ2n) is 6.90. The van der Waals surface area contributed by atoms with Crippen LogP contribution in [0.15, 0.2) is 18.2 Å². The fourth-order valence-electron chi connectivity index (χ4n) is 3.51. The van der Waals surface area contributed by atoms with Gasteiger partial charge in [0.15, 0.2) is 0 Å². The monoisotopic (exact) mass is 376 g/mol. The van der Waals surface area contributed by atoms with E-state index in [-0.39, 0.29) is 23.5 Å². The first-order valence-electron chi connectivity index (χ1n) is 9.27. The minimum absolute atomic E-state index is 0.0371. The zero-order chi connectivity index (χ0) is 18.7. The summed E-state index contributed by atoms with van der Waals surface area (Å²) < 4.78 is 14.9. The second-order valence-corrected chi connectivity index (χ2v) is 7.96. The molecule has 2 amide bonds. The number of halogens is 1. The molecule has 2 heterocycles. The summed E-state index contributed by atoms with van der Waals surface area (Å²) in [6.45, 7) is 5.66. The minimum Gasteiger partial charge on any atom is -0.356 e. The van der Waals surface area contributed by atoms with Gasteiger partial charge in [-0.25, -0.2) is 4.39 Å². The molecule has 1 aromatic carbocycles. The molecule has 140 valence electrons. The number of unbranched alkanes of at least 4 members (excludes halogenated alkanes) is 1. The average molecular weight is 376 g/mol. The molecule has 0 spiro atoms. The van der Waals surface area contributed by atoms with Crippen molar-refractivity contribution < 1.29 is 14.0 Å². The van der Waals surface area contributed by atoms with Crippen LogP contribution in [-0.2, 0) is 4.79 Å². The maximum atomic E-state index is 14.1. The summed E-state index contributed by atoms with van der Waals surface area (Å²) in [5.74, 6) is -0.498. The molecular weight excluding hydrogens is 351 g/mol. The Morgan fingerprint density at radius 3 is 2.92 bits per heavy atom. The van der Waals surface area contributed by atoms with Gasteiger partial charge in [-0.15, -0.1) is 11.3 Å². The fourth-order valence-corrected chi connectivity index (χ4v) is 4.70. The highest BCUT2D eigenvalue weighted by Gasteiger charge is 2.30. The number of likely N-dealkylation sites (tertiary alicyclic amines) is 1. The van der Waals surface area contributed by atoms with Crippen LogP contribution < -0.4 is 5.32 Å². The predicted octanol–water partition coefficient (Wildman–Crippen LogP) is 4.12. The molecule has 0 saturated carbocycles. The van der Waals surface area contributed by atoms with Crippen molar-refractivity contribution in [3.63, 3.8) is 0 Å². The van der Waals surface area contributed by atoms with E-state index < -0.39 is 0 Å². The number of fused-ring (bicyclic) bond motifs is 1. The van der Waals surface area contributed by atoms with Crippen LogP contribution in [0.25, 0.3) is 10.1 Å². The Labute approximate surface area is 157 Å². The molecular formula is C20H25FN2O2S. The van der Waals surface area contributed by atoms with Crippen LogP contribution in [0.2, 0.25) is 0 Å². The first kappa shape index (κ1) is 18.8. The third kappa shape index (κ3) is 3.75. The number of carbonyl (C=O) groups excluding carboxylic acids is 2. The molecule has 0 bridgehead atoms. The number of amides is 2. The van der Waals surface area contributed by atoms with Crippen LogP contribution in [-0.4, -0.2) is 36.3 Å². The zero-order valence-electron chi connectivity index (χ0n) is 15.3. The van der Waals surface area contributed by atoms with Crippen molar-refractivity contribution in [3.05, 3.63) is 34.5 Å². The molecule has 1 aliphatic rings. The summed E-state index contributed by atoms with van der Waals surface area (Å²) in [5, 5.41) is 3.50. The van der Waals surface area contributed by atoms with Gasteiger partial charge in [0.25, 0.3) is 5.91 Å². The van der Waals surface area contributed by atoms with E-state index in [1.165, 1.54) is 17.4 Å². The van der Waals surface area contributed by atoms with E-state index >= 15 is 0 Å². The van der Waals surface area contributed by atoms with Crippen LogP contribution in [0.1, 0.15) is 47.8 Å². The number of hydrogen-bond acceptors (Lipinski definition) is 3. The van der Waals surface area contributed by atoms with Gasteiger partial charge in [-0.2, -0.15) is 0 Å². The number of piperidine rings is 1. The molecule has 2 aromatic rings. The third-order valence-corrected chi connectivity index (χ3v) is 6.25. The molecule has 1 N–H and O–H groups in total. The second kappa shape index (κ2) is 8.16. The molecule has 26 heavy (non-hydrogen) atoms. The van der Waals surface area contributed by atoms with Crippen LogP contribution >= 0.6 is 11.3 Å². The number of benzene rings is 1. The highest BCUT2D eigenvalue weighted by Crippen LogP contribution is 2.34. The highest BCUT2D eigenvalue weighted by molar-refractivity contribution is 7.21. The van der Waals surface area contributed by atoms with Crippen molar-refractivity contribution in [1.82, 2.24) is 10.2 Å². The Kier molecular flexibility index (Phi) is 5.91. The van der Waals surface area contributed by atoms with Gasteiger partial charge >= 0.3 is 0 Å². The lowest BCUT2D eigenvalue weighted by Crippen LogP contribution is -2.45. The van der Waals surface area contributed by atoms with Gasteiger partial charge < -0.3 is 10.2 Å². The smallest absolute Gasteiger partial charge is 0.264 e. The summed E-state index contributed by atoms with van der Waals surface area (Å²) in [4.78, 5) is 27.7. The van der Waals surface area contributed by atoms with Crippen molar-refractivity contribution in [2.45, 2.75) is 39.5 Å². The van der Waals surface area contributed by atoms with Crippen molar-refractivity contribution in [2.24, 2.45) is 5.92 Å². The maximum Gasteiger partial charge on any atom is 0.264 e. The van der Waals surface area contributed by atoms with E-state index in [1.807, 2.05) is 6.07 Å². The van der Waals surface area contributed by atoms with Crippen molar-refractivity contribution in [1.29, 1.82) is 0 Å². The molecule has 1 saturated heterocycles. The van der Waals surface area contributed by atoms with Gasteiger partial charge in [-0.1, -0.05) is 19.4 Å². The molecule has 0 radical (unpaired) electrons. The van der Waals surface area contributed by atoms with Crippen LogP contribution in [0.4, 0.5) is 4.39 Å². The summed E-state index contributed by atoms with van der Waals surface area (Å²) >= 11 is 1.33.